The molecule has 1 amide bonds. The van der Waals surface area contributed by atoms with Crippen LogP contribution in [0.15, 0.2) is 53.5 Å². The third-order valence-electron chi connectivity index (χ3n) is 4.04. The molecule has 7 heteroatoms. The second-order valence-electron chi connectivity index (χ2n) is 5.83. The highest BCUT2D eigenvalue weighted by Crippen LogP contribution is 2.28. The number of amides is 1. The fraction of sp³-hybridized carbons (Fsp3) is 0.105. The van der Waals surface area contributed by atoms with E-state index in [2.05, 4.69) is 10.3 Å². The molecule has 0 saturated carbocycles. The van der Waals surface area contributed by atoms with Gasteiger partial charge in [0.15, 0.2) is 0 Å². The second-order valence-corrected chi connectivity index (χ2v) is 6.86. The number of thiophene rings is 1. The predicted octanol–water partition coefficient (Wildman–Crippen LogP) is 3.48. The number of aromatic nitrogens is 2. The summed E-state index contributed by atoms with van der Waals surface area (Å²) in [6, 6.07) is 12.5. The average molecular weight is 365 g/mol. The van der Waals surface area contributed by atoms with Gasteiger partial charge in [-0.3, -0.25) is 14.0 Å². The van der Waals surface area contributed by atoms with Gasteiger partial charge in [-0.25, -0.2) is 4.98 Å². The number of nitrogens with zero attached hydrogens (tertiary/aromatic N) is 2. The molecular weight excluding hydrogens is 350 g/mol. The number of methoxy groups -OCH3 is 1. The van der Waals surface area contributed by atoms with Crippen LogP contribution in [0, 0.1) is 6.92 Å². The number of aryl methyl sites for hydroxylation is 1. The van der Waals surface area contributed by atoms with Crippen molar-refractivity contribution in [1.29, 1.82) is 0 Å². The molecule has 4 aromatic rings. The number of hydrogen-bond donors (Lipinski definition) is 1. The summed E-state index contributed by atoms with van der Waals surface area (Å²) >= 11 is 1.19. The van der Waals surface area contributed by atoms with Gasteiger partial charge in [-0.1, -0.05) is 12.1 Å². The van der Waals surface area contributed by atoms with Crippen molar-refractivity contribution in [1.82, 2.24) is 9.38 Å². The molecule has 1 N–H and O–H groups in total. The van der Waals surface area contributed by atoms with Gasteiger partial charge >= 0.3 is 0 Å². The molecule has 0 aliphatic rings. The summed E-state index contributed by atoms with van der Waals surface area (Å²) in [5.41, 5.74) is 1.96. The summed E-state index contributed by atoms with van der Waals surface area (Å²) in [7, 11) is 1.55. The van der Waals surface area contributed by atoms with Crippen molar-refractivity contribution in [3.05, 3.63) is 69.5 Å². The number of carbonyl (C=O) groups is 1. The van der Waals surface area contributed by atoms with E-state index in [0.29, 0.717) is 32.2 Å². The van der Waals surface area contributed by atoms with Gasteiger partial charge in [0.2, 0.25) is 0 Å². The van der Waals surface area contributed by atoms with Crippen LogP contribution in [0.4, 0.5) is 5.69 Å². The monoisotopic (exact) mass is 365 g/mol. The van der Waals surface area contributed by atoms with E-state index in [1.54, 1.807) is 37.6 Å². The summed E-state index contributed by atoms with van der Waals surface area (Å²) in [5.74, 6) is 0.277. The van der Waals surface area contributed by atoms with E-state index in [0.717, 1.165) is 5.56 Å². The highest BCUT2D eigenvalue weighted by Gasteiger charge is 2.16. The second kappa shape index (κ2) is 6.27. The third-order valence-corrected chi connectivity index (χ3v) is 5.07. The molecule has 0 fully saturated rings. The Hall–Kier alpha value is -3.19. The minimum atomic E-state index is -0.301. The number of nitrogens with one attached hydrogen (secondary N) is 1. The van der Waals surface area contributed by atoms with E-state index < -0.39 is 0 Å². The van der Waals surface area contributed by atoms with Gasteiger partial charge in [0.25, 0.3) is 11.5 Å². The number of hydrogen-bond acceptors (Lipinski definition) is 5. The van der Waals surface area contributed by atoms with E-state index in [9.17, 15) is 9.59 Å². The molecule has 130 valence electrons. The maximum atomic E-state index is 12.7. The molecule has 4 rings (SSSR count). The maximum absolute atomic E-state index is 12.7. The van der Waals surface area contributed by atoms with E-state index in [-0.39, 0.29) is 11.5 Å². The molecule has 26 heavy (non-hydrogen) atoms. The minimum Gasteiger partial charge on any atom is -0.495 e. The first-order chi connectivity index (χ1) is 12.6. The number of carbonyl (C=O) groups excluding carboxylic acids is 1. The molecule has 0 aliphatic carbocycles. The van der Waals surface area contributed by atoms with Gasteiger partial charge < -0.3 is 10.1 Å². The SMILES string of the molecule is COc1ccc(C)cc1NC(=O)c1cc2c(=O)n3ccccc3nc2s1. The molecule has 0 unspecified atom stereocenters. The Morgan fingerprint density at radius 3 is 2.88 bits per heavy atom. The zero-order valence-corrected chi connectivity index (χ0v) is 15.0. The summed E-state index contributed by atoms with van der Waals surface area (Å²) in [5, 5.41) is 3.28. The Kier molecular flexibility index (Phi) is 3.93. The third kappa shape index (κ3) is 2.72. The highest BCUT2D eigenvalue weighted by molar-refractivity contribution is 7.20. The largest absolute Gasteiger partial charge is 0.495 e. The molecule has 1 aromatic carbocycles. The number of pyridine rings is 1. The molecule has 0 spiro atoms. The summed E-state index contributed by atoms with van der Waals surface area (Å²) < 4.78 is 6.76. The molecule has 6 nitrogen and oxygen atoms in total. The van der Waals surface area contributed by atoms with Gasteiger partial charge in [-0.15, -0.1) is 11.3 Å². The Labute approximate surface area is 152 Å². The number of ether oxygens (including phenoxy) is 1. The molecule has 0 saturated heterocycles. The lowest BCUT2D eigenvalue weighted by atomic mass is 10.2. The van der Waals surface area contributed by atoms with E-state index >= 15 is 0 Å². The Morgan fingerprint density at radius 2 is 2.08 bits per heavy atom. The zero-order valence-electron chi connectivity index (χ0n) is 14.1. The number of fused-ring (bicyclic) bond motifs is 2. The topological polar surface area (TPSA) is 72.7 Å². The summed E-state index contributed by atoms with van der Waals surface area (Å²) in [4.78, 5) is 30.7. The van der Waals surface area contributed by atoms with Gasteiger partial charge in [-0.2, -0.15) is 0 Å². The Balaban J connectivity index is 1.76. The molecule has 3 aromatic heterocycles. The summed E-state index contributed by atoms with van der Waals surface area (Å²) in [6.07, 6.45) is 1.67. The number of rotatable bonds is 3. The van der Waals surface area contributed by atoms with Crippen LogP contribution in [0.3, 0.4) is 0 Å². The van der Waals surface area contributed by atoms with E-state index in [1.165, 1.54) is 15.7 Å². The quantitative estimate of drug-likeness (QED) is 0.603. The lowest BCUT2D eigenvalue weighted by Crippen LogP contribution is -2.14. The normalized spacial score (nSPS) is 11.0. The van der Waals surface area contributed by atoms with Crippen molar-refractivity contribution in [2.24, 2.45) is 0 Å². The van der Waals surface area contributed by atoms with Gasteiger partial charge in [0.05, 0.1) is 23.1 Å². The Bertz CT molecular complexity index is 1210. The van der Waals surface area contributed by atoms with Crippen LogP contribution in [0.1, 0.15) is 15.2 Å². The van der Waals surface area contributed by atoms with E-state index in [4.69, 9.17) is 4.74 Å². The van der Waals surface area contributed by atoms with Crippen molar-refractivity contribution in [2.45, 2.75) is 6.92 Å². The Morgan fingerprint density at radius 1 is 1.23 bits per heavy atom. The first kappa shape index (κ1) is 16.3. The number of benzene rings is 1. The van der Waals surface area contributed by atoms with Crippen LogP contribution in [0.5, 0.6) is 5.75 Å². The predicted molar refractivity (Wildman–Crippen MR) is 103 cm³/mol. The first-order valence-corrected chi connectivity index (χ1v) is 8.75. The smallest absolute Gasteiger partial charge is 0.266 e. The van der Waals surface area contributed by atoms with Crippen molar-refractivity contribution in [2.75, 3.05) is 12.4 Å². The van der Waals surface area contributed by atoms with Crippen molar-refractivity contribution in [3.63, 3.8) is 0 Å². The fourth-order valence-corrected chi connectivity index (χ4v) is 3.69. The maximum Gasteiger partial charge on any atom is 0.266 e. The van der Waals surface area contributed by atoms with Crippen LogP contribution in [0.25, 0.3) is 15.9 Å². The standard InChI is InChI=1S/C19H15N3O3S/c1-11-6-7-14(25-2)13(9-11)20-17(23)15-10-12-18(26-15)21-16-5-3-4-8-22(16)19(12)24/h3-10H,1-2H3,(H,20,23). The lowest BCUT2D eigenvalue weighted by molar-refractivity contribution is 0.103. The molecule has 3 heterocycles. The van der Waals surface area contributed by atoms with Crippen molar-refractivity contribution in [3.8, 4) is 5.75 Å². The zero-order chi connectivity index (χ0) is 18.3. The van der Waals surface area contributed by atoms with Crippen LogP contribution in [-0.4, -0.2) is 22.4 Å². The molecule has 0 radical (unpaired) electrons. The fourth-order valence-electron chi connectivity index (χ4n) is 2.76. The van der Waals surface area contributed by atoms with Gasteiger partial charge in [-0.05, 0) is 42.8 Å². The first-order valence-electron chi connectivity index (χ1n) is 7.94. The van der Waals surface area contributed by atoms with Gasteiger partial charge in [0, 0.05) is 6.20 Å². The van der Waals surface area contributed by atoms with Crippen LogP contribution in [0.2, 0.25) is 0 Å². The van der Waals surface area contributed by atoms with Crippen LogP contribution in [-0.2, 0) is 0 Å². The van der Waals surface area contributed by atoms with Crippen LogP contribution < -0.4 is 15.6 Å². The van der Waals surface area contributed by atoms with Crippen LogP contribution >= 0.6 is 11.3 Å². The van der Waals surface area contributed by atoms with Crippen molar-refractivity contribution >= 4 is 38.8 Å². The molecular formula is C19H15N3O3S. The molecule has 0 aliphatic heterocycles. The van der Waals surface area contributed by atoms with Crippen molar-refractivity contribution < 1.29 is 9.53 Å². The van der Waals surface area contributed by atoms with Gasteiger partial charge in [0.1, 0.15) is 16.2 Å². The number of anilines is 1. The summed E-state index contributed by atoms with van der Waals surface area (Å²) in [6.45, 7) is 1.94. The van der Waals surface area contributed by atoms with E-state index in [1.807, 2.05) is 25.1 Å². The minimum absolute atomic E-state index is 0.186. The average Bonchev–Trinajstić information content (AvgIpc) is 3.07. The molecule has 0 atom stereocenters. The highest BCUT2D eigenvalue weighted by atomic mass is 32.1. The lowest BCUT2D eigenvalue weighted by Gasteiger charge is -2.10. The molecule has 0 bridgehead atoms.